The van der Waals surface area contributed by atoms with Crippen LogP contribution in [0.2, 0.25) is 0 Å². The Labute approximate surface area is 99.1 Å². The van der Waals surface area contributed by atoms with Crippen molar-refractivity contribution in [1.29, 1.82) is 0 Å². The molecule has 2 rings (SSSR count). The second-order valence-electron chi connectivity index (χ2n) is 3.89. The summed E-state index contributed by atoms with van der Waals surface area (Å²) in [5.41, 5.74) is 1.38. The van der Waals surface area contributed by atoms with E-state index in [-0.39, 0.29) is 0 Å². The van der Waals surface area contributed by atoms with Gasteiger partial charge in [0.05, 0.1) is 6.61 Å². The molecular weight excluding hydrogens is 254 g/mol. The summed E-state index contributed by atoms with van der Waals surface area (Å²) in [4.78, 5) is 0. The lowest BCUT2D eigenvalue weighted by atomic mass is 10.1. The molecule has 3 heteroatoms. The van der Waals surface area contributed by atoms with Crippen molar-refractivity contribution in [3.63, 3.8) is 0 Å². The Balaban J connectivity index is 1.71. The molecule has 0 spiro atoms. The van der Waals surface area contributed by atoms with E-state index in [9.17, 15) is 0 Å². The van der Waals surface area contributed by atoms with E-state index in [0.717, 1.165) is 37.1 Å². The van der Waals surface area contributed by atoms with Gasteiger partial charge in [-0.05, 0) is 37.1 Å². The van der Waals surface area contributed by atoms with Crippen LogP contribution in [0.5, 0.6) is 0 Å². The predicted molar refractivity (Wildman–Crippen MR) is 65.1 cm³/mol. The first-order chi connectivity index (χ1) is 7.34. The molecule has 2 nitrogen and oxygen atoms in total. The van der Waals surface area contributed by atoms with Gasteiger partial charge in [0.15, 0.2) is 0 Å². The quantitative estimate of drug-likeness (QED) is 0.907. The minimum atomic E-state index is 0.570. The van der Waals surface area contributed by atoms with Gasteiger partial charge < -0.3 is 10.1 Å². The lowest BCUT2D eigenvalue weighted by molar-refractivity contribution is 0.190. The molecule has 0 aromatic heterocycles. The lowest BCUT2D eigenvalue weighted by Crippen LogP contribution is -2.30. The molecule has 0 amide bonds. The van der Waals surface area contributed by atoms with Crippen molar-refractivity contribution >= 4 is 15.9 Å². The summed E-state index contributed by atoms with van der Waals surface area (Å²) in [6.07, 6.45) is 2.24. The van der Waals surface area contributed by atoms with E-state index in [1.165, 1.54) is 5.56 Å². The molecule has 1 aliphatic heterocycles. The van der Waals surface area contributed by atoms with E-state index < -0.39 is 0 Å². The molecule has 1 heterocycles. The molecular formula is C12H16BrNO. The summed E-state index contributed by atoms with van der Waals surface area (Å²) < 4.78 is 6.45. The molecule has 15 heavy (non-hydrogen) atoms. The highest BCUT2D eigenvalue weighted by Gasteiger charge is 2.13. The predicted octanol–water partition coefficient (Wildman–Crippen LogP) is 2.37. The maximum Gasteiger partial charge on any atom is 0.0620 e. The van der Waals surface area contributed by atoms with Crippen LogP contribution in [-0.4, -0.2) is 25.8 Å². The van der Waals surface area contributed by atoms with E-state index in [2.05, 4.69) is 45.5 Å². The third-order valence-electron chi connectivity index (χ3n) is 2.69. The van der Waals surface area contributed by atoms with E-state index >= 15 is 0 Å². The molecule has 1 saturated heterocycles. The van der Waals surface area contributed by atoms with E-state index in [4.69, 9.17) is 4.74 Å². The molecule has 1 atom stereocenters. The molecule has 1 N–H and O–H groups in total. The van der Waals surface area contributed by atoms with Crippen LogP contribution in [0.3, 0.4) is 0 Å². The fourth-order valence-electron chi connectivity index (χ4n) is 1.77. The molecule has 1 aliphatic rings. The number of rotatable bonds is 4. The molecule has 0 bridgehead atoms. The summed E-state index contributed by atoms with van der Waals surface area (Å²) >= 11 is 3.44. The number of hydrogen-bond donors (Lipinski definition) is 1. The van der Waals surface area contributed by atoms with Crippen LogP contribution in [0.25, 0.3) is 0 Å². The maximum atomic E-state index is 5.31. The number of hydrogen-bond acceptors (Lipinski definition) is 2. The van der Waals surface area contributed by atoms with Crippen molar-refractivity contribution in [2.75, 3.05) is 19.8 Å². The van der Waals surface area contributed by atoms with Gasteiger partial charge in [0.2, 0.25) is 0 Å². The van der Waals surface area contributed by atoms with Gasteiger partial charge in [-0.2, -0.15) is 0 Å². The Morgan fingerprint density at radius 3 is 2.80 bits per heavy atom. The number of halogens is 1. The van der Waals surface area contributed by atoms with Gasteiger partial charge in [-0.1, -0.05) is 28.1 Å². The van der Waals surface area contributed by atoms with Gasteiger partial charge >= 0.3 is 0 Å². The molecule has 1 unspecified atom stereocenters. The van der Waals surface area contributed by atoms with E-state index in [1.807, 2.05) is 0 Å². The van der Waals surface area contributed by atoms with Crippen LogP contribution in [0.1, 0.15) is 12.0 Å². The zero-order valence-corrected chi connectivity index (χ0v) is 10.3. The monoisotopic (exact) mass is 269 g/mol. The minimum Gasteiger partial charge on any atom is -0.380 e. The number of benzene rings is 1. The highest BCUT2D eigenvalue weighted by Crippen LogP contribution is 2.10. The summed E-state index contributed by atoms with van der Waals surface area (Å²) in [5.74, 6) is 0. The SMILES string of the molecule is Brc1ccc(CCNC2CCOC2)cc1. The van der Waals surface area contributed by atoms with Crippen LogP contribution >= 0.6 is 15.9 Å². The maximum absolute atomic E-state index is 5.31. The Morgan fingerprint density at radius 2 is 2.13 bits per heavy atom. The van der Waals surface area contributed by atoms with Gasteiger partial charge in [0, 0.05) is 17.1 Å². The molecule has 1 aromatic rings. The minimum absolute atomic E-state index is 0.570. The highest BCUT2D eigenvalue weighted by atomic mass is 79.9. The first-order valence-corrected chi connectivity index (χ1v) is 6.19. The summed E-state index contributed by atoms with van der Waals surface area (Å²) in [5, 5.41) is 3.51. The second-order valence-corrected chi connectivity index (χ2v) is 4.81. The van der Waals surface area contributed by atoms with Crippen LogP contribution in [0.4, 0.5) is 0 Å². The van der Waals surface area contributed by atoms with Crippen molar-refractivity contribution in [2.24, 2.45) is 0 Å². The zero-order chi connectivity index (χ0) is 10.5. The second kappa shape index (κ2) is 5.64. The van der Waals surface area contributed by atoms with Gasteiger partial charge in [-0.3, -0.25) is 0 Å². The van der Waals surface area contributed by atoms with Gasteiger partial charge in [-0.25, -0.2) is 0 Å². The van der Waals surface area contributed by atoms with Crippen molar-refractivity contribution in [2.45, 2.75) is 18.9 Å². The van der Waals surface area contributed by atoms with Crippen molar-refractivity contribution < 1.29 is 4.74 Å². The fraction of sp³-hybridized carbons (Fsp3) is 0.500. The Kier molecular flexibility index (Phi) is 4.18. The topological polar surface area (TPSA) is 21.3 Å². The third kappa shape index (κ3) is 3.59. The van der Waals surface area contributed by atoms with Crippen LogP contribution < -0.4 is 5.32 Å². The molecule has 1 aromatic carbocycles. The third-order valence-corrected chi connectivity index (χ3v) is 3.22. The Hall–Kier alpha value is -0.380. The molecule has 0 saturated carbocycles. The fourth-order valence-corrected chi connectivity index (χ4v) is 2.03. The summed E-state index contributed by atoms with van der Waals surface area (Å²) in [6.45, 7) is 2.83. The molecule has 1 fully saturated rings. The lowest BCUT2D eigenvalue weighted by Gasteiger charge is -2.10. The normalized spacial score (nSPS) is 20.7. The van der Waals surface area contributed by atoms with Crippen molar-refractivity contribution in [3.05, 3.63) is 34.3 Å². The standard InChI is InChI=1S/C12H16BrNO/c13-11-3-1-10(2-4-11)5-7-14-12-6-8-15-9-12/h1-4,12,14H,5-9H2. The van der Waals surface area contributed by atoms with Gasteiger partial charge in [0.25, 0.3) is 0 Å². The average Bonchev–Trinajstić information content (AvgIpc) is 2.74. The number of ether oxygens (including phenoxy) is 1. The van der Waals surface area contributed by atoms with E-state index in [0.29, 0.717) is 6.04 Å². The Morgan fingerprint density at radius 1 is 1.33 bits per heavy atom. The van der Waals surface area contributed by atoms with Crippen LogP contribution in [-0.2, 0) is 11.2 Å². The van der Waals surface area contributed by atoms with Gasteiger partial charge in [-0.15, -0.1) is 0 Å². The van der Waals surface area contributed by atoms with Crippen LogP contribution in [0, 0.1) is 0 Å². The van der Waals surface area contributed by atoms with Crippen molar-refractivity contribution in [1.82, 2.24) is 5.32 Å². The number of nitrogens with one attached hydrogen (secondary N) is 1. The first kappa shape index (κ1) is 11.1. The van der Waals surface area contributed by atoms with E-state index in [1.54, 1.807) is 0 Å². The molecule has 0 aliphatic carbocycles. The van der Waals surface area contributed by atoms with Crippen molar-refractivity contribution in [3.8, 4) is 0 Å². The molecule has 82 valence electrons. The largest absolute Gasteiger partial charge is 0.380 e. The smallest absolute Gasteiger partial charge is 0.0620 e. The summed E-state index contributed by atoms with van der Waals surface area (Å²) in [6, 6.07) is 9.08. The molecule has 0 radical (unpaired) electrons. The first-order valence-electron chi connectivity index (χ1n) is 5.40. The van der Waals surface area contributed by atoms with Crippen LogP contribution in [0.15, 0.2) is 28.7 Å². The highest BCUT2D eigenvalue weighted by molar-refractivity contribution is 9.10. The summed E-state index contributed by atoms with van der Waals surface area (Å²) in [7, 11) is 0. The zero-order valence-electron chi connectivity index (χ0n) is 8.71. The Bertz CT molecular complexity index is 293. The average molecular weight is 270 g/mol. The van der Waals surface area contributed by atoms with Gasteiger partial charge in [0.1, 0.15) is 0 Å².